The molecule has 14 heavy (non-hydrogen) atoms. The van der Waals surface area contributed by atoms with Gasteiger partial charge in [0.1, 0.15) is 5.82 Å². The minimum atomic E-state index is -0.0897. The molecule has 1 saturated heterocycles. The lowest BCUT2D eigenvalue weighted by Crippen LogP contribution is -2.29. The van der Waals surface area contributed by atoms with E-state index in [9.17, 15) is 4.79 Å². The largest absolute Gasteiger partial charge is 0.343 e. The van der Waals surface area contributed by atoms with Crippen molar-refractivity contribution in [2.75, 3.05) is 13.1 Å². The summed E-state index contributed by atoms with van der Waals surface area (Å²) in [6, 6.07) is 0. The number of piperidine rings is 1. The first-order valence-corrected chi connectivity index (χ1v) is 5.19. The minimum Gasteiger partial charge on any atom is -0.316 e. The Morgan fingerprint density at radius 3 is 3.07 bits per heavy atom. The van der Waals surface area contributed by atoms with E-state index in [4.69, 9.17) is 0 Å². The zero-order chi connectivity index (χ0) is 9.97. The molecule has 0 spiro atoms. The van der Waals surface area contributed by atoms with Gasteiger partial charge in [-0.15, -0.1) is 0 Å². The Labute approximate surface area is 82.5 Å². The predicted molar refractivity (Wildman–Crippen MR) is 53.4 cm³/mol. The average molecular weight is 196 g/mol. The molecule has 0 amide bonds. The molecule has 0 aromatic carbocycles. The Morgan fingerprint density at radius 1 is 1.64 bits per heavy atom. The fraction of sp³-hybridized carbons (Fsp3) is 0.778. The van der Waals surface area contributed by atoms with Gasteiger partial charge in [0.2, 0.25) is 0 Å². The van der Waals surface area contributed by atoms with Gasteiger partial charge in [-0.25, -0.2) is 9.48 Å². The SMILES string of the molecule is CCn1nc(C2CCCNC2)[nH]c1=O. The molecule has 2 rings (SSSR count). The van der Waals surface area contributed by atoms with E-state index < -0.39 is 0 Å². The molecule has 78 valence electrons. The highest BCUT2D eigenvalue weighted by Gasteiger charge is 2.18. The van der Waals surface area contributed by atoms with Gasteiger partial charge in [-0.05, 0) is 26.3 Å². The Kier molecular flexibility index (Phi) is 2.67. The van der Waals surface area contributed by atoms with E-state index in [1.54, 1.807) is 0 Å². The summed E-state index contributed by atoms with van der Waals surface area (Å²) in [5, 5.41) is 7.57. The van der Waals surface area contributed by atoms with Crippen LogP contribution in [0.25, 0.3) is 0 Å². The van der Waals surface area contributed by atoms with E-state index in [2.05, 4.69) is 15.4 Å². The van der Waals surface area contributed by atoms with E-state index in [1.165, 1.54) is 4.68 Å². The van der Waals surface area contributed by atoms with Gasteiger partial charge >= 0.3 is 5.69 Å². The zero-order valence-corrected chi connectivity index (χ0v) is 8.42. The van der Waals surface area contributed by atoms with Crippen molar-refractivity contribution in [3.8, 4) is 0 Å². The summed E-state index contributed by atoms with van der Waals surface area (Å²) in [4.78, 5) is 14.2. The number of nitrogens with zero attached hydrogens (tertiary/aromatic N) is 2. The lowest BCUT2D eigenvalue weighted by Gasteiger charge is -2.19. The first-order chi connectivity index (χ1) is 6.81. The molecule has 1 aliphatic heterocycles. The summed E-state index contributed by atoms with van der Waals surface area (Å²) < 4.78 is 1.48. The van der Waals surface area contributed by atoms with Crippen LogP contribution in [-0.2, 0) is 6.54 Å². The number of hydrogen-bond donors (Lipinski definition) is 2. The van der Waals surface area contributed by atoms with Crippen LogP contribution >= 0.6 is 0 Å². The molecule has 5 nitrogen and oxygen atoms in total. The van der Waals surface area contributed by atoms with Gasteiger partial charge in [0, 0.05) is 19.0 Å². The Balaban J connectivity index is 2.18. The van der Waals surface area contributed by atoms with E-state index in [1.807, 2.05) is 6.92 Å². The predicted octanol–water partition coefficient (Wildman–Crippen LogP) is 0.0583. The van der Waals surface area contributed by atoms with E-state index >= 15 is 0 Å². The van der Waals surface area contributed by atoms with Gasteiger partial charge in [-0.3, -0.25) is 4.98 Å². The second-order valence-corrected chi connectivity index (χ2v) is 3.67. The van der Waals surface area contributed by atoms with Gasteiger partial charge in [-0.1, -0.05) is 0 Å². The van der Waals surface area contributed by atoms with Gasteiger partial charge in [0.15, 0.2) is 0 Å². The van der Waals surface area contributed by atoms with Crippen LogP contribution in [0.3, 0.4) is 0 Å². The zero-order valence-electron chi connectivity index (χ0n) is 8.42. The fourth-order valence-electron chi connectivity index (χ4n) is 1.86. The third kappa shape index (κ3) is 1.72. The van der Waals surface area contributed by atoms with Gasteiger partial charge in [0.25, 0.3) is 0 Å². The van der Waals surface area contributed by atoms with Crippen LogP contribution in [-0.4, -0.2) is 27.9 Å². The first-order valence-electron chi connectivity index (χ1n) is 5.19. The maximum absolute atomic E-state index is 11.3. The number of aromatic nitrogens is 3. The second kappa shape index (κ2) is 3.96. The smallest absolute Gasteiger partial charge is 0.316 e. The van der Waals surface area contributed by atoms with Gasteiger partial charge < -0.3 is 5.32 Å². The van der Waals surface area contributed by atoms with Crippen LogP contribution in [0.1, 0.15) is 31.5 Å². The van der Waals surface area contributed by atoms with Crippen molar-refractivity contribution in [3.63, 3.8) is 0 Å². The quantitative estimate of drug-likeness (QED) is 0.703. The third-order valence-corrected chi connectivity index (χ3v) is 2.68. The van der Waals surface area contributed by atoms with E-state index in [0.29, 0.717) is 12.5 Å². The number of nitrogens with one attached hydrogen (secondary N) is 2. The number of aryl methyl sites for hydroxylation is 1. The molecule has 1 aliphatic rings. The van der Waals surface area contributed by atoms with Crippen LogP contribution in [0.4, 0.5) is 0 Å². The number of aromatic amines is 1. The molecule has 2 heterocycles. The molecule has 2 N–H and O–H groups in total. The monoisotopic (exact) mass is 196 g/mol. The average Bonchev–Trinajstić information content (AvgIpc) is 2.61. The summed E-state index contributed by atoms with van der Waals surface area (Å²) in [5.41, 5.74) is -0.0897. The van der Waals surface area contributed by atoms with Crippen molar-refractivity contribution in [2.24, 2.45) is 0 Å². The summed E-state index contributed by atoms with van der Waals surface area (Å²) in [5.74, 6) is 1.22. The summed E-state index contributed by atoms with van der Waals surface area (Å²) in [6.07, 6.45) is 2.27. The lowest BCUT2D eigenvalue weighted by molar-refractivity contribution is 0.444. The summed E-state index contributed by atoms with van der Waals surface area (Å²) in [6.45, 7) is 4.56. The van der Waals surface area contributed by atoms with Crippen LogP contribution in [0.15, 0.2) is 4.79 Å². The number of rotatable bonds is 2. The highest BCUT2D eigenvalue weighted by molar-refractivity contribution is 4.96. The van der Waals surface area contributed by atoms with Crippen molar-refractivity contribution >= 4 is 0 Å². The molecule has 0 aliphatic carbocycles. The molecule has 1 unspecified atom stereocenters. The fourth-order valence-corrected chi connectivity index (χ4v) is 1.86. The number of H-pyrrole nitrogens is 1. The Morgan fingerprint density at radius 2 is 2.50 bits per heavy atom. The standard InChI is InChI=1S/C9H16N4O/c1-2-13-9(14)11-8(12-13)7-4-3-5-10-6-7/h7,10H,2-6H2,1H3,(H,11,12,14). The van der Waals surface area contributed by atoms with Crippen molar-refractivity contribution < 1.29 is 0 Å². The van der Waals surface area contributed by atoms with Crippen LogP contribution in [0, 0.1) is 0 Å². The third-order valence-electron chi connectivity index (χ3n) is 2.68. The van der Waals surface area contributed by atoms with Crippen molar-refractivity contribution in [3.05, 3.63) is 16.3 Å². The Bertz CT molecular complexity index is 348. The number of hydrogen-bond acceptors (Lipinski definition) is 3. The molecule has 1 fully saturated rings. The topological polar surface area (TPSA) is 62.7 Å². The van der Waals surface area contributed by atoms with Crippen LogP contribution < -0.4 is 11.0 Å². The van der Waals surface area contributed by atoms with Crippen molar-refractivity contribution in [2.45, 2.75) is 32.2 Å². The lowest BCUT2D eigenvalue weighted by atomic mass is 9.99. The van der Waals surface area contributed by atoms with Gasteiger partial charge in [0.05, 0.1) is 0 Å². The molecule has 1 aromatic rings. The first kappa shape index (κ1) is 9.45. The van der Waals surface area contributed by atoms with Crippen LogP contribution in [0.5, 0.6) is 0 Å². The molecule has 5 heteroatoms. The highest BCUT2D eigenvalue weighted by atomic mass is 16.1. The molecular weight excluding hydrogens is 180 g/mol. The van der Waals surface area contributed by atoms with Gasteiger partial charge in [-0.2, -0.15) is 5.10 Å². The molecule has 1 atom stereocenters. The maximum atomic E-state index is 11.3. The van der Waals surface area contributed by atoms with Crippen LogP contribution in [0.2, 0.25) is 0 Å². The summed E-state index contributed by atoms with van der Waals surface area (Å²) >= 11 is 0. The molecule has 0 saturated carbocycles. The normalized spacial score (nSPS) is 22.5. The summed E-state index contributed by atoms with van der Waals surface area (Å²) in [7, 11) is 0. The molecular formula is C9H16N4O. The molecule has 0 bridgehead atoms. The van der Waals surface area contributed by atoms with Crippen molar-refractivity contribution in [1.82, 2.24) is 20.1 Å². The van der Waals surface area contributed by atoms with Crippen molar-refractivity contribution in [1.29, 1.82) is 0 Å². The Hall–Kier alpha value is -1.10. The molecule has 0 radical (unpaired) electrons. The van der Waals surface area contributed by atoms with E-state index in [0.717, 1.165) is 31.8 Å². The maximum Gasteiger partial charge on any atom is 0.343 e. The highest BCUT2D eigenvalue weighted by Crippen LogP contribution is 2.18. The molecule has 1 aromatic heterocycles. The minimum absolute atomic E-state index is 0.0897. The van der Waals surface area contributed by atoms with E-state index in [-0.39, 0.29) is 5.69 Å². The second-order valence-electron chi connectivity index (χ2n) is 3.67.